The largest absolute Gasteiger partial charge is 0.387 e. The van der Waals surface area contributed by atoms with E-state index in [4.69, 9.17) is 16.4 Å². The van der Waals surface area contributed by atoms with Crippen molar-refractivity contribution in [2.75, 3.05) is 6.54 Å². The average molecular weight is 433 g/mol. The molecule has 154 valence electrons. The molecule has 0 aliphatic carbocycles. The van der Waals surface area contributed by atoms with Crippen LogP contribution in [-0.2, 0) is 9.63 Å². The van der Waals surface area contributed by atoms with Gasteiger partial charge in [-0.05, 0) is 26.3 Å². The van der Waals surface area contributed by atoms with Crippen molar-refractivity contribution in [2.24, 2.45) is 0 Å². The van der Waals surface area contributed by atoms with Crippen LogP contribution in [-0.4, -0.2) is 45.3 Å². The highest BCUT2D eigenvalue weighted by Crippen LogP contribution is 2.26. The van der Waals surface area contributed by atoms with Gasteiger partial charge in [0, 0.05) is 6.20 Å². The third-order valence-corrected chi connectivity index (χ3v) is 5.21. The summed E-state index contributed by atoms with van der Waals surface area (Å²) in [6.45, 7) is 4.04. The molecular formula is C17H22ClFN4O4S. The van der Waals surface area contributed by atoms with Crippen LogP contribution in [0.1, 0.15) is 36.9 Å². The lowest BCUT2D eigenvalue weighted by Crippen LogP contribution is -2.45. The smallest absolute Gasteiger partial charge is 0.374 e. The predicted molar refractivity (Wildman–Crippen MR) is 103 cm³/mol. The van der Waals surface area contributed by atoms with E-state index in [0.29, 0.717) is 6.42 Å². The first-order valence-electron chi connectivity index (χ1n) is 8.46. The van der Waals surface area contributed by atoms with Crippen molar-refractivity contribution in [3.8, 4) is 0 Å². The Morgan fingerprint density at radius 2 is 2.25 bits per heavy atom. The number of rotatable bonds is 8. The molecule has 0 spiro atoms. The molecule has 0 bridgehead atoms. The van der Waals surface area contributed by atoms with Crippen molar-refractivity contribution in [2.45, 2.75) is 44.0 Å². The van der Waals surface area contributed by atoms with E-state index < -0.39 is 35.2 Å². The van der Waals surface area contributed by atoms with Gasteiger partial charge in [0.25, 0.3) is 5.91 Å². The third kappa shape index (κ3) is 5.66. The van der Waals surface area contributed by atoms with Crippen LogP contribution in [0.4, 0.5) is 4.39 Å². The molecule has 2 heterocycles. The highest BCUT2D eigenvalue weighted by atomic mass is 35.5. The van der Waals surface area contributed by atoms with Gasteiger partial charge in [0.05, 0.1) is 35.1 Å². The molecule has 0 fully saturated rings. The molecule has 1 aromatic rings. The number of aliphatic hydroxyl groups is 1. The third-order valence-electron chi connectivity index (χ3n) is 3.97. The molecule has 1 aliphatic heterocycles. The number of nitrogens with one attached hydrogen (secondary N) is 3. The van der Waals surface area contributed by atoms with Gasteiger partial charge in [0.2, 0.25) is 0 Å². The van der Waals surface area contributed by atoms with E-state index in [1.807, 2.05) is 6.92 Å². The summed E-state index contributed by atoms with van der Waals surface area (Å²) >= 11 is 7.48. The normalized spacial score (nSPS) is 20.4. The number of hydrogen-bond acceptors (Lipinski definition) is 8. The number of carbonyl (C=O) groups is 2. The Hall–Kier alpha value is -2.17. The molecule has 2 atom stereocenters. The summed E-state index contributed by atoms with van der Waals surface area (Å²) in [4.78, 5) is 32.6. The summed E-state index contributed by atoms with van der Waals surface area (Å²) in [5.41, 5.74) is 2.53. The molecule has 8 nitrogen and oxygen atoms in total. The first-order valence-corrected chi connectivity index (χ1v) is 9.72. The number of dihydropyridines is 1. The van der Waals surface area contributed by atoms with Crippen molar-refractivity contribution in [3.05, 3.63) is 40.1 Å². The van der Waals surface area contributed by atoms with E-state index in [1.54, 1.807) is 0 Å². The zero-order valence-corrected chi connectivity index (χ0v) is 17.2. The molecule has 1 amide bonds. The Balaban J connectivity index is 2.09. The van der Waals surface area contributed by atoms with Gasteiger partial charge in [-0.2, -0.15) is 0 Å². The molecule has 28 heavy (non-hydrogen) atoms. The summed E-state index contributed by atoms with van der Waals surface area (Å²) in [5.74, 6) is -1.31. The lowest BCUT2D eigenvalue weighted by Gasteiger charge is -2.29. The maximum absolute atomic E-state index is 13.9. The summed E-state index contributed by atoms with van der Waals surface area (Å²) < 4.78 is 13.9. The van der Waals surface area contributed by atoms with Gasteiger partial charge in [0.1, 0.15) is 16.0 Å². The fraction of sp³-hybridized carbons (Fsp3) is 0.471. The van der Waals surface area contributed by atoms with Gasteiger partial charge in [-0.25, -0.2) is 14.7 Å². The Morgan fingerprint density at radius 1 is 1.54 bits per heavy atom. The van der Waals surface area contributed by atoms with Gasteiger partial charge in [-0.15, -0.1) is 11.3 Å². The Bertz CT molecular complexity index is 779. The molecule has 2 rings (SSSR count). The zero-order valence-electron chi connectivity index (χ0n) is 15.6. The Labute approximate surface area is 170 Å². The lowest BCUT2D eigenvalue weighted by atomic mass is 10.0. The number of nitrogens with zero attached hydrogens (tertiary/aromatic N) is 1. The van der Waals surface area contributed by atoms with Crippen LogP contribution >= 0.6 is 22.9 Å². The van der Waals surface area contributed by atoms with Crippen LogP contribution in [0.25, 0.3) is 0 Å². The van der Waals surface area contributed by atoms with Crippen molar-refractivity contribution < 1.29 is 23.9 Å². The van der Waals surface area contributed by atoms with E-state index in [0.717, 1.165) is 11.3 Å². The number of halogens is 2. The highest BCUT2D eigenvalue weighted by Gasteiger charge is 2.31. The lowest BCUT2D eigenvalue weighted by molar-refractivity contribution is -0.118. The monoisotopic (exact) mass is 432 g/mol. The molecule has 11 heteroatoms. The highest BCUT2D eigenvalue weighted by molar-refractivity contribution is 7.11. The maximum atomic E-state index is 13.9. The molecule has 0 radical (unpaired) electrons. The van der Waals surface area contributed by atoms with Crippen LogP contribution in [0.15, 0.2) is 35.3 Å². The molecule has 0 saturated heterocycles. The van der Waals surface area contributed by atoms with Crippen molar-refractivity contribution in [3.63, 3.8) is 0 Å². The van der Waals surface area contributed by atoms with Gasteiger partial charge in [0.15, 0.2) is 0 Å². The molecule has 4 N–H and O–H groups in total. The minimum Gasteiger partial charge on any atom is -0.387 e. The number of hydroxylamine groups is 1. The van der Waals surface area contributed by atoms with Gasteiger partial charge < -0.3 is 20.6 Å². The summed E-state index contributed by atoms with van der Waals surface area (Å²) in [5, 5.41) is 14.9. The van der Waals surface area contributed by atoms with E-state index in [9.17, 15) is 19.1 Å². The Morgan fingerprint density at radius 3 is 2.82 bits per heavy atom. The summed E-state index contributed by atoms with van der Waals surface area (Å²) in [6.07, 6.45) is 3.00. The van der Waals surface area contributed by atoms with Crippen LogP contribution in [0.5, 0.6) is 0 Å². The summed E-state index contributed by atoms with van der Waals surface area (Å²) in [7, 11) is 0. The Kier molecular flexibility index (Phi) is 7.02. The molecular weight excluding hydrogens is 411 g/mol. The summed E-state index contributed by atoms with van der Waals surface area (Å²) in [6, 6.07) is 0. The van der Waals surface area contributed by atoms with Crippen LogP contribution in [0.3, 0.4) is 0 Å². The number of thiazole rings is 1. The van der Waals surface area contributed by atoms with E-state index in [-0.39, 0.29) is 16.1 Å². The minimum absolute atomic E-state index is 0.0600. The van der Waals surface area contributed by atoms with Crippen molar-refractivity contribution in [1.82, 2.24) is 21.1 Å². The number of hydrogen-bond donors (Lipinski definition) is 4. The fourth-order valence-electron chi connectivity index (χ4n) is 2.09. The van der Waals surface area contributed by atoms with Crippen LogP contribution in [0.2, 0.25) is 0 Å². The van der Waals surface area contributed by atoms with Crippen molar-refractivity contribution in [1.29, 1.82) is 0 Å². The van der Waals surface area contributed by atoms with Gasteiger partial charge in [-0.1, -0.05) is 18.5 Å². The standard InChI is InChI=1S/C17H22ClFN4O4S/c1-4-17(18)5-11(23-27-15(25)12-7-20-9-28-12)10(6-22-17)14(24)21-8-13(19)16(2,3)26/h5-7,9,13,22-23,26H,4,8H2,1-3H3,(H,21,24). The zero-order chi connectivity index (χ0) is 20.9. The SMILES string of the molecule is CCC1(Cl)C=C(NOC(=O)c2cncs2)C(C(=O)NCC(F)C(C)(C)O)=CN1. The van der Waals surface area contributed by atoms with Gasteiger partial charge >= 0.3 is 5.97 Å². The average Bonchev–Trinajstić information content (AvgIpc) is 3.18. The molecule has 0 saturated carbocycles. The number of amides is 1. The van der Waals surface area contributed by atoms with Crippen LogP contribution in [0, 0.1) is 0 Å². The number of carbonyl (C=O) groups excluding carboxylic acids is 2. The first kappa shape index (κ1) is 22.1. The second-order valence-corrected chi connectivity index (χ2v) is 8.23. The molecule has 1 aromatic heterocycles. The fourth-order valence-corrected chi connectivity index (χ4v) is 2.75. The van der Waals surface area contributed by atoms with Crippen LogP contribution < -0.4 is 16.1 Å². The maximum Gasteiger partial charge on any atom is 0.374 e. The minimum atomic E-state index is -1.67. The first-order chi connectivity index (χ1) is 13.1. The van der Waals surface area contributed by atoms with E-state index in [1.165, 1.54) is 37.8 Å². The second kappa shape index (κ2) is 8.89. The number of alkyl halides is 2. The van der Waals surface area contributed by atoms with E-state index in [2.05, 4.69) is 21.1 Å². The topological polar surface area (TPSA) is 113 Å². The molecule has 0 aromatic carbocycles. The van der Waals surface area contributed by atoms with Crippen molar-refractivity contribution >= 4 is 34.8 Å². The molecule has 2 unspecified atom stereocenters. The quantitative estimate of drug-likeness (QED) is 0.281. The second-order valence-electron chi connectivity index (χ2n) is 6.66. The van der Waals surface area contributed by atoms with E-state index >= 15 is 0 Å². The predicted octanol–water partition coefficient (Wildman–Crippen LogP) is 1.75. The molecule has 1 aliphatic rings. The number of aromatic nitrogens is 1. The van der Waals surface area contributed by atoms with Gasteiger partial charge in [-0.3, -0.25) is 9.78 Å².